The lowest BCUT2D eigenvalue weighted by atomic mass is 9.96. The van der Waals surface area contributed by atoms with Crippen LogP contribution >= 0.6 is 0 Å². The molecule has 1 fully saturated rings. The Morgan fingerprint density at radius 3 is 2.68 bits per heavy atom. The molecule has 4 heterocycles. The molecule has 3 aromatic heterocycles. The number of aryl methyl sites for hydroxylation is 2. The maximum absolute atomic E-state index is 5.49. The molecule has 7 nitrogen and oxygen atoms in total. The van der Waals surface area contributed by atoms with Crippen LogP contribution in [0.25, 0.3) is 11.5 Å². The summed E-state index contributed by atoms with van der Waals surface area (Å²) >= 11 is 0. The van der Waals surface area contributed by atoms with Crippen LogP contribution in [-0.2, 0) is 0 Å². The summed E-state index contributed by atoms with van der Waals surface area (Å²) in [5, 5.41) is 4.08. The van der Waals surface area contributed by atoms with Crippen molar-refractivity contribution in [2.45, 2.75) is 32.6 Å². The maximum Gasteiger partial charge on any atom is 0.230 e. The molecular formula is C18H20N6O. The molecule has 1 aliphatic rings. The van der Waals surface area contributed by atoms with Gasteiger partial charge in [-0.3, -0.25) is 9.97 Å². The number of aromatic nitrogens is 5. The van der Waals surface area contributed by atoms with Crippen LogP contribution in [0.15, 0.2) is 35.1 Å². The summed E-state index contributed by atoms with van der Waals surface area (Å²) in [5.41, 5.74) is 2.65. The van der Waals surface area contributed by atoms with Crippen molar-refractivity contribution < 1.29 is 4.52 Å². The molecule has 0 aromatic carbocycles. The number of anilines is 1. The molecule has 0 amide bonds. The van der Waals surface area contributed by atoms with E-state index in [2.05, 4.69) is 30.0 Å². The molecule has 0 spiro atoms. The van der Waals surface area contributed by atoms with Gasteiger partial charge < -0.3 is 9.42 Å². The van der Waals surface area contributed by atoms with Crippen LogP contribution in [0, 0.1) is 13.8 Å². The van der Waals surface area contributed by atoms with Crippen LogP contribution in [0.3, 0.4) is 0 Å². The van der Waals surface area contributed by atoms with Crippen molar-refractivity contribution in [2.24, 2.45) is 0 Å². The zero-order valence-corrected chi connectivity index (χ0v) is 14.4. The van der Waals surface area contributed by atoms with Gasteiger partial charge >= 0.3 is 0 Å². The largest absolute Gasteiger partial charge is 0.355 e. The molecule has 7 heteroatoms. The normalized spacial score (nSPS) is 15.5. The fourth-order valence-corrected chi connectivity index (χ4v) is 3.16. The Hall–Kier alpha value is -2.83. The van der Waals surface area contributed by atoms with Crippen molar-refractivity contribution in [3.63, 3.8) is 0 Å². The highest BCUT2D eigenvalue weighted by atomic mass is 16.5. The lowest BCUT2D eigenvalue weighted by Crippen LogP contribution is -2.34. The number of rotatable bonds is 3. The number of hydrogen-bond donors (Lipinski definition) is 0. The van der Waals surface area contributed by atoms with E-state index in [-0.39, 0.29) is 5.92 Å². The van der Waals surface area contributed by atoms with Crippen LogP contribution in [-0.4, -0.2) is 38.2 Å². The summed E-state index contributed by atoms with van der Waals surface area (Å²) in [6, 6.07) is 5.68. The molecule has 0 N–H and O–H groups in total. The van der Waals surface area contributed by atoms with Gasteiger partial charge in [0.2, 0.25) is 11.7 Å². The highest BCUT2D eigenvalue weighted by Crippen LogP contribution is 2.30. The molecule has 0 radical (unpaired) electrons. The van der Waals surface area contributed by atoms with E-state index in [0.29, 0.717) is 11.7 Å². The third kappa shape index (κ3) is 3.22. The topological polar surface area (TPSA) is 80.8 Å². The second-order valence-corrected chi connectivity index (χ2v) is 6.35. The van der Waals surface area contributed by atoms with Gasteiger partial charge in [-0.15, -0.1) is 0 Å². The first-order valence-corrected chi connectivity index (χ1v) is 8.51. The summed E-state index contributed by atoms with van der Waals surface area (Å²) in [5.74, 6) is 2.52. The van der Waals surface area contributed by atoms with E-state index < -0.39 is 0 Å². The fraction of sp³-hybridized carbons (Fsp3) is 0.389. The predicted molar refractivity (Wildman–Crippen MR) is 93.2 cm³/mol. The third-order valence-electron chi connectivity index (χ3n) is 4.53. The van der Waals surface area contributed by atoms with Crippen molar-refractivity contribution in [3.8, 4) is 11.5 Å². The zero-order chi connectivity index (χ0) is 17.2. The van der Waals surface area contributed by atoms with Crippen molar-refractivity contribution in [2.75, 3.05) is 18.0 Å². The fourth-order valence-electron chi connectivity index (χ4n) is 3.16. The molecule has 3 aromatic rings. The Kier molecular flexibility index (Phi) is 4.13. The molecule has 128 valence electrons. The second kappa shape index (κ2) is 6.58. The first-order valence-electron chi connectivity index (χ1n) is 8.51. The van der Waals surface area contributed by atoms with Gasteiger partial charge in [-0.25, -0.2) is 4.98 Å². The van der Waals surface area contributed by atoms with Gasteiger partial charge in [0.15, 0.2) is 0 Å². The van der Waals surface area contributed by atoms with Crippen LogP contribution in [0.1, 0.15) is 36.0 Å². The van der Waals surface area contributed by atoms with E-state index >= 15 is 0 Å². The lowest BCUT2D eigenvalue weighted by Gasteiger charge is -2.31. The highest BCUT2D eigenvalue weighted by Gasteiger charge is 2.27. The Morgan fingerprint density at radius 2 is 1.92 bits per heavy atom. The van der Waals surface area contributed by atoms with Gasteiger partial charge in [0, 0.05) is 31.4 Å². The van der Waals surface area contributed by atoms with E-state index in [0.717, 1.165) is 48.8 Å². The second-order valence-electron chi connectivity index (χ2n) is 6.35. The van der Waals surface area contributed by atoms with Crippen molar-refractivity contribution >= 4 is 5.82 Å². The van der Waals surface area contributed by atoms with Gasteiger partial charge in [-0.2, -0.15) is 4.98 Å². The molecular weight excluding hydrogens is 316 g/mol. The molecule has 0 unspecified atom stereocenters. The van der Waals surface area contributed by atoms with E-state index in [1.165, 1.54) is 0 Å². The molecule has 0 bridgehead atoms. The Balaban J connectivity index is 1.46. The number of piperidine rings is 1. The first-order chi connectivity index (χ1) is 12.2. The van der Waals surface area contributed by atoms with Gasteiger partial charge in [0.05, 0.1) is 11.4 Å². The van der Waals surface area contributed by atoms with E-state index in [9.17, 15) is 0 Å². The summed E-state index contributed by atoms with van der Waals surface area (Å²) in [6.45, 7) is 5.79. The SMILES string of the molecule is Cc1cnc(C)c(N2CCC(c3nc(-c4ccccn4)no3)CC2)n1. The number of nitrogens with zero attached hydrogens (tertiary/aromatic N) is 6. The molecule has 25 heavy (non-hydrogen) atoms. The van der Waals surface area contributed by atoms with E-state index in [1.54, 1.807) is 6.20 Å². The van der Waals surface area contributed by atoms with Crippen molar-refractivity contribution in [1.29, 1.82) is 0 Å². The number of pyridine rings is 1. The Morgan fingerprint density at radius 1 is 1.08 bits per heavy atom. The minimum absolute atomic E-state index is 0.277. The van der Waals surface area contributed by atoms with Gasteiger partial charge in [0.1, 0.15) is 11.5 Å². The van der Waals surface area contributed by atoms with Crippen molar-refractivity contribution in [3.05, 3.63) is 47.9 Å². The molecule has 4 rings (SSSR count). The summed E-state index contributed by atoms with van der Waals surface area (Å²) in [4.78, 5) is 20.2. The minimum atomic E-state index is 0.277. The number of hydrogen-bond acceptors (Lipinski definition) is 7. The maximum atomic E-state index is 5.49. The average Bonchev–Trinajstić information content (AvgIpc) is 3.15. The summed E-state index contributed by atoms with van der Waals surface area (Å²) in [6.07, 6.45) is 5.45. The van der Waals surface area contributed by atoms with Gasteiger partial charge in [-0.1, -0.05) is 11.2 Å². The molecule has 0 aliphatic carbocycles. The smallest absolute Gasteiger partial charge is 0.230 e. The summed E-state index contributed by atoms with van der Waals surface area (Å²) < 4.78 is 5.49. The average molecular weight is 336 g/mol. The van der Waals surface area contributed by atoms with Crippen LogP contribution in [0.4, 0.5) is 5.82 Å². The first kappa shape index (κ1) is 15.7. The Bertz CT molecular complexity index is 855. The van der Waals surface area contributed by atoms with Crippen molar-refractivity contribution in [1.82, 2.24) is 25.1 Å². The minimum Gasteiger partial charge on any atom is -0.355 e. The monoisotopic (exact) mass is 336 g/mol. The quantitative estimate of drug-likeness (QED) is 0.727. The van der Waals surface area contributed by atoms with E-state index in [4.69, 9.17) is 4.52 Å². The van der Waals surface area contributed by atoms with E-state index in [1.807, 2.05) is 38.2 Å². The summed E-state index contributed by atoms with van der Waals surface area (Å²) in [7, 11) is 0. The highest BCUT2D eigenvalue weighted by molar-refractivity contribution is 5.47. The van der Waals surface area contributed by atoms with Crippen LogP contribution < -0.4 is 4.90 Å². The zero-order valence-electron chi connectivity index (χ0n) is 14.4. The standard InChI is InChI=1S/C18H20N6O/c1-12-11-20-13(2)17(21-12)24-9-6-14(7-10-24)18-22-16(23-25-18)15-5-3-4-8-19-15/h3-5,8,11,14H,6-7,9-10H2,1-2H3. The predicted octanol–water partition coefficient (Wildman–Crippen LogP) is 2.92. The molecule has 1 aliphatic heterocycles. The molecule has 1 saturated heterocycles. The third-order valence-corrected chi connectivity index (χ3v) is 4.53. The lowest BCUT2D eigenvalue weighted by molar-refractivity contribution is 0.329. The van der Waals surface area contributed by atoms with Gasteiger partial charge in [-0.05, 0) is 38.8 Å². The molecule has 0 saturated carbocycles. The van der Waals surface area contributed by atoms with Crippen LogP contribution in [0.2, 0.25) is 0 Å². The molecule has 0 atom stereocenters. The Labute approximate surface area is 146 Å². The van der Waals surface area contributed by atoms with Gasteiger partial charge in [0.25, 0.3) is 0 Å². The van der Waals surface area contributed by atoms with Crippen LogP contribution in [0.5, 0.6) is 0 Å².